The predicted molar refractivity (Wildman–Crippen MR) is 83.2 cm³/mol. The van der Waals surface area contributed by atoms with Gasteiger partial charge in [0, 0.05) is 18.3 Å². The fraction of sp³-hybridized carbons (Fsp3) is 0.800. The van der Waals surface area contributed by atoms with Crippen LogP contribution in [0.2, 0.25) is 18.1 Å². The van der Waals surface area contributed by atoms with E-state index in [1.807, 2.05) is 13.1 Å². The first-order valence-corrected chi connectivity index (χ1v) is 10.4. The summed E-state index contributed by atoms with van der Waals surface area (Å²) in [6.07, 6.45) is -0.937. The van der Waals surface area contributed by atoms with Gasteiger partial charge in [0.1, 0.15) is 5.78 Å². The molecular weight excluding hydrogens is 304 g/mol. The molecule has 0 amide bonds. The Morgan fingerprint density at radius 3 is 2.09 bits per heavy atom. The first-order valence-electron chi connectivity index (χ1n) is 7.49. The molecule has 0 heterocycles. The van der Waals surface area contributed by atoms with Crippen LogP contribution in [0, 0.1) is 11.8 Å². The highest BCUT2D eigenvalue weighted by Crippen LogP contribution is 2.43. The molecule has 1 aliphatic rings. The normalized spacial score (nSPS) is 26.2. The van der Waals surface area contributed by atoms with E-state index in [1.54, 1.807) is 0 Å². The summed E-state index contributed by atoms with van der Waals surface area (Å²) in [4.78, 5) is 34.2. The van der Waals surface area contributed by atoms with E-state index in [1.165, 1.54) is 0 Å². The van der Waals surface area contributed by atoms with Crippen LogP contribution in [0.3, 0.4) is 0 Å². The molecule has 0 spiro atoms. The Morgan fingerprint density at radius 2 is 1.68 bits per heavy atom. The SMILES string of the molecule is CC(C)(C)[Si](C)(C)O[C@H]1CC(=O)[C@@H](CC(=O)O)[C@H]1CC(=O)O. The minimum Gasteiger partial charge on any atom is -0.481 e. The largest absolute Gasteiger partial charge is 0.481 e. The molecule has 0 aromatic carbocycles. The minimum absolute atomic E-state index is 0.0608. The molecule has 1 fully saturated rings. The summed E-state index contributed by atoms with van der Waals surface area (Å²) < 4.78 is 6.22. The maximum atomic E-state index is 12.1. The van der Waals surface area contributed by atoms with E-state index < -0.39 is 38.2 Å². The van der Waals surface area contributed by atoms with Gasteiger partial charge >= 0.3 is 11.9 Å². The summed E-state index contributed by atoms with van der Waals surface area (Å²) in [5.74, 6) is -3.63. The lowest BCUT2D eigenvalue weighted by Crippen LogP contribution is -2.45. The summed E-state index contributed by atoms with van der Waals surface area (Å²) in [5, 5.41) is 18.0. The molecule has 0 bridgehead atoms. The van der Waals surface area contributed by atoms with Crippen molar-refractivity contribution in [2.75, 3.05) is 0 Å². The van der Waals surface area contributed by atoms with Crippen LogP contribution >= 0.6 is 0 Å². The first kappa shape index (κ1) is 18.8. The van der Waals surface area contributed by atoms with E-state index in [2.05, 4.69) is 20.8 Å². The molecule has 0 aromatic rings. The van der Waals surface area contributed by atoms with Crippen LogP contribution in [0.15, 0.2) is 0 Å². The van der Waals surface area contributed by atoms with Crippen molar-refractivity contribution in [2.24, 2.45) is 11.8 Å². The monoisotopic (exact) mass is 330 g/mol. The zero-order valence-electron chi connectivity index (χ0n) is 13.9. The molecule has 0 saturated heterocycles. The highest BCUT2D eigenvalue weighted by molar-refractivity contribution is 6.74. The van der Waals surface area contributed by atoms with Crippen LogP contribution in [0.4, 0.5) is 0 Å². The van der Waals surface area contributed by atoms with Crippen molar-refractivity contribution in [3.63, 3.8) is 0 Å². The Morgan fingerprint density at radius 1 is 1.18 bits per heavy atom. The molecule has 22 heavy (non-hydrogen) atoms. The Bertz CT molecular complexity index is 465. The zero-order valence-corrected chi connectivity index (χ0v) is 14.9. The van der Waals surface area contributed by atoms with E-state index in [9.17, 15) is 14.4 Å². The topological polar surface area (TPSA) is 101 Å². The van der Waals surface area contributed by atoms with Crippen LogP contribution in [0.1, 0.15) is 40.0 Å². The van der Waals surface area contributed by atoms with Crippen molar-refractivity contribution in [3.05, 3.63) is 0 Å². The lowest BCUT2D eigenvalue weighted by molar-refractivity contribution is -0.143. The third-order valence-electron chi connectivity index (χ3n) is 4.87. The highest BCUT2D eigenvalue weighted by Gasteiger charge is 2.49. The first-order chi connectivity index (χ1) is 9.85. The second-order valence-electron chi connectivity index (χ2n) is 7.55. The van der Waals surface area contributed by atoms with Gasteiger partial charge in [0.05, 0.1) is 18.9 Å². The molecule has 0 radical (unpaired) electrons. The molecule has 126 valence electrons. The van der Waals surface area contributed by atoms with Crippen LogP contribution in [0.5, 0.6) is 0 Å². The molecule has 1 aliphatic carbocycles. The van der Waals surface area contributed by atoms with E-state index in [-0.39, 0.29) is 30.1 Å². The summed E-state index contributed by atoms with van der Waals surface area (Å²) in [7, 11) is -2.15. The van der Waals surface area contributed by atoms with E-state index in [0.29, 0.717) is 0 Å². The molecule has 0 aromatic heterocycles. The Balaban J connectivity index is 3.00. The number of ketones is 1. The smallest absolute Gasteiger partial charge is 0.304 e. The Labute approximate surface area is 132 Å². The van der Waals surface area contributed by atoms with Gasteiger partial charge in [-0.3, -0.25) is 14.4 Å². The van der Waals surface area contributed by atoms with Crippen LogP contribution in [-0.4, -0.2) is 42.4 Å². The molecule has 3 atom stereocenters. The number of rotatable bonds is 6. The fourth-order valence-electron chi connectivity index (χ4n) is 2.61. The third kappa shape index (κ3) is 4.39. The van der Waals surface area contributed by atoms with Gasteiger partial charge < -0.3 is 14.6 Å². The lowest BCUT2D eigenvalue weighted by Gasteiger charge is -2.39. The maximum absolute atomic E-state index is 12.1. The summed E-state index contributed by atoms with van der Waals surface area (Å²) >= 11 is 0. The Hall–Kier alpha value is -1.21. The van der Waals surface area contributed by atoms with Crippen LogP contribution < -0.4 is 0 Å². The number of carbonyl (C=O) groups excluding carboxylic acids is 1. The molecule has 7 heteroatoms. The van der Waals surface area contributed by atoms with Crippen molar-refractivity contribution in [1.29, 1.82) is 0 Å². The quantitative estimate of drug-likeness (QED) is 0.726. The van der Waals surface area contributed by atoms with Gasteiger partial charge in [-0.25, -0.2) is 0 Å². The van der Waals surface area contributed by atoms with Crippen molar-refractivity contribution >= 4 is 26.0 Å². The van der Waals surface area contributed by atoms with E-state index in [0.717, 1.165) is 0 Å². The number of hydrogen-bond donors (Lipinski definition) is 2. The molecule has 0 aliphatic heterocycles. The number of carboxylic acids is 2. The van der Waals surface area contributed by atoms with Gasteiger partial charge in [-0.1, -0.05) is 20.8 Å². The number of hydrogen-bond acceptors (Lipinski definition) is 4. The molecule has 2 N–H and O–H groups in total. The summed E-state index contributed by atoms with van der Waals surface area (Å²) in [6, 6.07) is 0. The van der Waals surface area contributed by atoms with Gasteiger partial charge in [-0.05, 0) is 18.1 Å². The van der Waals surface area contributed by atoms with Gasteiger partial charge in [0.15, 0.2) is 8.32 Å². The maximum Gasteiger partial charge on any atom is 0.304 e. The highest BCUT2D eigenvalue weighted by atomic mass is 28.4. The molecule has 1 saturated carbocycles. The van der Waals surface area contributed by atoms with E-state index >= 15 is 0 Å². The molecule has 0 unspecified atom stereocenters. The van der Waals surface area contributed by atoms with Crippen molar-refractivity contribution < 1.29 is 29.0 Å². The van der Waals surface area contributed by atoms with E-state index in [4.69, 9.17) is 14.6 Å². The third-order valence-corrected chi connectivity index (χ3v) is 9.37. The van der Waals surface area contributed by atoms with Crippen molar-refractivity contribution in [3.8, 4) is 0 Å². The van der Waals surface area contributed by atoms with Crippen LogP contribution in [0.25, 0.3) is 0 Å². The average molecular weight is 330 g/mol. The van der Waals surface area contributed by atoms with Gasteiger partial charge in [0.2, 0.25) is 0 Å². The fourth-order valence-corrected chi connectivity index (χ4v) is 3.98. The standard InChI is InChI=1S/C15H26O6Si/c1-15(2,3)22(4,5)21-12-8-11(16)9(6-13(17)18)10(12)7-14(19)20/h9-10,12H,6-8H2,1-5H3,(H,17,18)(H,19,20)/t9-,10+,12-/m0/s1. The van der Waals surface area contributed by atoms with Gasteiger partial charge in [-0.2, -0.15) is 0 Å². The average Bonchev–Trinajstić information content (AvgIpc) is 2.54. The minimum atomic E-state index is -2.15. The predicted octanol–water partition coefficient (Wildman–Crippen LogP) is 2.53. The summed E-state index contributed by atoms with van der Waals surface area (Å²) in [5.41, 5.74) is 0. The number of aliphatic carboxylic acids is 2. The second-order valence-corrected chi connectivity index (χ2v) is 12.3. The van der Waals surface area contributed by atoms with Gasteiger partial charge in [0.25, 0.3) is 0 Å². The Kier molecular flexibility index (Phi) is 5.56. The molecular formula is C15H26O6Si. The van der Waals surface area contributed by atoms with Crippen molar-refractivity contribution in [1.82, 2.24) is 0 Å². The number of carbonyl (C=O) groups is 3. The summed E-state index contributed by atoms with van der Waals surface area (Å²) in [6.45, 7) is 10.3. The second kappa shape index (κ2) is 6.50. The van der Waals surface area contributed by atoms with Crippen molar-refractivity contribution in [2.45, 2.75) is 64.3 Å². The molecule has 6 nitrogen and oxygen atoms in total. The van der Waals surface area contributed by atoms with Gasteiger partial charge in [-0.15, -0.1) is 0 Å². The number of carboxylic acid groups (broad SMARTS) is 2. The van der Waals surface area contributed by atoms with Crippen LogP contribution in [-0.2, 0) is 18.8 Å². The number of Topliss-reactive ketones (excluding diaryl/α,β-unsaturated/α-hetero) is 1. The molecule has 1 rings (SSSR count). The lowest BCUT2D eigenvalue weighted by atomic mass is 9.89. The zero-order chi connectivity index (χ0) is 17.3.